The van der Waals surface area contributed by atoms with Gasteiger partial charge in [0.15, 0.2) is 5.82 Å². The number of nitrogens with two attached hydrogens (primary N) is 1. The fourth-order valence-electron chi connectivity index (χ4n) is 1.36. The molecular weight excluding hydrogens is 202 g/mol. The summed E-state index contributed by atoms with van der Waals surface area (Å²) in [4.78, 5) is 8.40. The maximum absolute atomic E-state index is 5.98. The van der Waals surface area contributed by atoms with Crippen molar-refractivity contribution in [3.63, 3.8) is 0 Å². The molecule has 1 atom stereocenters. The van der Waals surface area contributed by atoms with Crippen LogP contribution in [0.4, 0.5) is 0 Å². The minimum Gasteiger partial charge on any atom is -0.321 e. The van der Waals surface area contributed by atoms with E-state index in [1.807, 2.05) is 12.1 Å². The Morgan fingerprint density at radius 3 is 2.81 bits per heavy atom. The van der Waals surface area contributed by atoms with Crippen LogP contribution in [0, 0.1) is 5.92 Å². The lowest BCUT2D eigenvalue weighted by Gasteiger charge is -2.10. The maximum atomic E-state index is 5.98. The zero-order valence-corrected chi connectivity index (χ0v) is 9.38. The van der Waals surface area contributed by atoms with Crippen molar-refractivity contribution in [3.8, 4) is 11.4 Å². The van der Waals surface area contributed by atoms with E-state index in [0.717, 1.165) is 5.56 Å². The second-order valence-corrected chi connectivity index (χ2v) is 4.06. The molecule has 0 saturated heterocycles. The Morgan fingerprint density at radius 1 is 1.38 bits per heavy atom. The molecule has 2 aromatic heterocycles. The van der Waals surface area contributed by atoms with Gasteiger partial charge in [0.2, 0.25) is 0 Å². The highest BCUT2D eigenvalue weighted by atomic mass is 15.2. The second-order valence-electron chi connectivity index (χ2n) is 4.06. The van der Waals surface area contributed by atoms with Crippen LogP contribution in [0.25, 0.3) is 11.4 Å². The fourth-order valence-corrected chi connectivity index (χ4v) is 1.36. The van der Waals surface area contributed by atoms with E-state index in [2.05, 4.69) is 34.0 Å². The van der Waals surface area contributed by atoms with Crippen molar-refractivity contribution in [1.82, 2.24) is 20.2 Å². The summed E-state index contributed by atoms with van der Waals surface area (Å²) in [5.41, 5.74) is 6.87. The molecule has 3 N–H and O–H groups in total. The molecule has 0 aliphatic carbocycles. The zero-order chi connectivity index (χ0) is 11.5. The Hall–Kier alpha value is -1.75. The average Bonchev–Trinajstić information content (AvgIpc) is 2.78. The number of nitrogens with one attached hydrogen (secondary N) is 1. The summed E-state index contributed by atoms with van der Waals surface area (Å²) in [5.74, 6) is 1.68. The van der Waals surface area contributed by atoms with Gasteiger partial charge in [0, 0.05) is 18.0 Å². The lowest BCUT2D eigenvalue weighted by molar-refractivity contribution is 0.492. The number of hydrogen-bond donors (Lipinski definition) is 2. The number of hydrogen-bond acceptors (Lipinski definition) is 4. The first-order valence-electron chi connectivity index (χ1n) is 5.26. The quantitative estimate of drug-likeness (QED) is 0.816. The molecule has 0 spiro atoms. The van der Waals surface area contributed by atoms with Crippen molar-refractivity contribution in [2.75, 3.05) is 0 Å². The summed E-state index contributed by atoms with van der Waals surface area (Å²) >= 11 is 0. The van der Waals surface area contributed by atoms with E-state index < -0.39 is 0 Å². The van der Waals surface area contributed by atoms with E-state index in [9.17, 15) is 0 Å². The molecule has 0 aliphatic rings. The van der Waals surface area contributed by atoms with Crippen LogP contribution in [0.2, 0.25) is 0 Å². The first-order chi connectivity index (χ1) is 7.68. The largest absolute Gasteiger partial charge is 0.321 e. The predicted octanol–water partition coefficient (Wildman–Crippen LogP) is 1.52. The van der Waals surface area contributed by atoms with Crippen LogP contribution < -0.4 is 5.73 Å². The number of aromatic amines is 1. The van der Waals surface area contributed by atoms with Crippen LogP contribution in [0.15, 0.2) is 24.5 Å². The number of H-pyrrole nitrogens is 1. The first kappa shape index (κ1) is 10.8. The van der Waals surface area contributed by atoms with Crippen LogP contribution in [0.1, 0.15) is 25.7 Å². The Balaban J connectivity index is 2.27. The minimum absolute atomic E-state index is 0.113. The number of pyridine rings is 1. The maximum Gasteiger partial charge on any atom is 0.182 e. The number of nitrogens with zero attached hydrogens (tertiary/aromatic N) is 3. The molecule has 2 rings (SSSR count). The van der Waals surface area contributed by atoms with E-state index in [0.29, 0.717) is 17.6 Å². The third-order valence-corrected chi connectivity index (χ3v) is 2.46. The van der Waals surface area contributed by atoms with Gasteiger partial charge < -0.3 is 5.73 Å². The Labute approximate surface area is 94.1 Å². The summed E-state index contributed by atoms with van der Waals surface area (Å²) in [6, 6.07) is 3.66. The van der Waals surface area contributed by atoms with Crippen LogP contribution in [-0.4, -0.2) is 20.2 Å². The van der Waals surface area contributed by atoms with Crippen LogP contribution in [0.3, 0.4) is 0 Å². The number of rotatable bonds is 3. The molecular formula is C11H15N5. The van der Waals surface area contributed by atoms with Gasteiger partial charge >= 0.3 is 0 Å². The number of aromatic nitrogens is 4. The van der Waals surface area contributed by atoms with Crippen molar-refractivity contribution in [3.05, 3.63) is 30.4 Å². The van der Waals surface area contributed by atoms with Gasteiger partial charge in [-0.15, -0.1) is 0 Å². The van der Waals surface area contributed by atoms with Gasteiger partial charge in [-0.3, -0.25) is 10.1 Å². The topological polar surface area (TPSA) is 80.5 Å². The molecule has 0 aliphatic heterocycles. The van der Waals surface area contributed by atoms with Crippen molar-refractivity contribution in [2.24, 2.45) is 11.7 Å². The second kappa shape index (κ2) is 4.40. The Kier molecular flexibility index (Phi) is 2.96. The van der Waals surface area contributed by atoms with Gasteiger partial charge in [-0.1, -0.05) is 13.8 Å². The Morgan fingerprint density at radius 2 is 2.19 bits per heavy atom. The molecule has 84 valence electrons. The van der Waals surface area contributed by atoms with Crippen LogP contribution in [0.5, 0.6) is 0 Å². The van der Waals surface area contributed by atoms with Crippen molar-refractivity contribution in [1.29, 1.82) is 0 Å². The normalized spacial score (nSPS) is 13.0. The molecule has 16 heavy (non-hydrogen) atoms. The van der Waals surface area contributed by atoms with Gasteiger partial charge in [0.1, 0.15) is 5.82 Å². The molecule has 0 radical (unpaired) electrons. The molecule has 5 heteroatoms. The van der Waals surface area contributed by atoms with Crippen molar-refractivity contribution in [2.45, 2.75) is 19.9 Å². The SMILES string of the molecule is CC(C)C(N)c1nc(-c2cccnc2)n[nH]1. The highest BCUT2D eigenvalue weighted by molar-refractivity contribution is 5.52. The van der Waals surface area contributed by atoms with Gasteiger partial charge in [-0.2, -0.15) is 5.10 Å². The van der Waals surface area contributed by atoms with Crippen molar-refractivity contribution >= 4 is 0 Å². The molecule has 0 aromatic carbocycles. The summed E-state index contributed by atoms with van der Waals surface area (Å²) in [7, 11) is 0. The smallest absolute Gasteiger partial charge is 0.182 e. The zero-order valence-electron chi connectivity index (χ0n) is 9.38. The minimum atomic E-state index is -0.113. The summed E-state index contributed by atoms with van der Waals surface area (Å²) in [6.45, 7) is 4.11. The lowest BCUT2D eigenvalue weighted by atomic mass is 10.1. The van der Waals surface area contributed by atoms with Gasteiger partial charge in [-0.05, 0) is 18.1 Å². The fraction of sp³-hybridized carbons (Fsp3) is 0.364. The van der Waals surface area contributed by atoms with Crippen molar-refractivity contribution < 1.29 is 0 Å². The molecule has 0 fully saturated rings. The van der Waals surface area contributed by atoms with E-state index in [-0.39, 0.29) is 6.04 Å². The van der Waals surface area contributed by atoms with E-state index >= 15 is 0 Å². The van der Waals surface area contributed by atoms with Gasteiger partial charge in [0.05, 0.1) is 6.04 Å². The van der Waals surface area contributed by atoms with Gasteiger partial charge in [0.25, 0.3) is 0 Å². The van der Waals surface area contributed by atoms with E-state index in [4.69, 9.17) is 5.73 Å². The highest BCUT2D eigenvalue weighted by Crippen LogP contribution is 2.18. The summed E-state index contributed by atoms with van der Waals surface area (Å²) in [5, 5.41) is 7.01. The monoisotopic (exact) mass is 217 g/mol. The standard InChI is InChI=1S/C11H15N5/c1-7(2)9(12)11-14-10(15-16-11)8-4-3-5-13-6-8/h3-7,9H,12H2,1-2H3,(H,14,15,16). The summed E-state index contributed by atoms with van der Waals surface area (Å²) < 4.78 is 0. The average molecular weight is 217 g/mol. The molecule has 1 unspecified atom stereocenters. The molecule has 5 nitrogen and oxygen atoms in total. The summed E-state index contributed by atoms with van der Waals surface area (Å²) in [6.07, 6.45) is 3.45. The molecule has 2 aromatic rings. The molecule has 0 amide bonds. The predicted molar refractivity (Wildman–Crippen MR) is 61.4 cm³/mol. The molecule has 2 heterocycles. The van der Waals surface area contributed by atoms with E-state index in [1.165, 1.54) is 0 Å². The van der Waals surface area contributed by atoms with E-state index in [1.54, 1.807) is 12.4 Å². The van der Waals surface area contributed by atoms with Crippen LogP contribution in [-0.2, 0) is 0 Å². The third kappa shape index (κ3) is 2.09. The molecule has 0 saturated carbocycles. The Bertz CT molecular complexity index is 448. The van der Waals surface area contributed by atoms with Gasteiger partial charge in [-0.25, -0.2) is 4.98 Å². The van der Waals surface area contributed by atoms with Crippen LogP contribution >= 0.6 is 0 Å². The highest BCUT2D eigenvalue weighted by Gasteiger charge is 2.15. The first-order valence-corrected chi connectivity index (χ1v) is 5.26. The third-order valence-electron chi connectivity index (χ3n) is 2.46. The lowest BCUT2D eigenvalue weighted by Crippen LogP contribution is -2.18. The molecule has 0 bridgehead atoms.